The van der Waals surface area contributed by atoms with Gasteiger partial charge in [-0.15, -0.1) is 0 Å². The molecule has 0 spiro atoms. The highest BCUT2D eigenvalue weighted by atomic mass is 35.5. The number of carbonyl (C=O) groups is 3. The Hall–Kier alpha value is -3.52. The van der Waals surface area contributed by atoms with Crippen LogP contribution in [0.25, 0.3) is 23.6 Å². The van der Waals surface area contributed by atoms with Crippen LogP contribution in [0.3, 0.4) is 0 Å². The Kier molecular flexibility index (Phi) is 10.5. The van der Waals surface area contributed by atoms with E-state index in [2.05, 4.69) is 15.2 Å². The van der Waals surface area contributed by atoms with Crippen molar-refractivity contribution in [2.45, 2.75) is 6.42 Å². The summed E-state index contributed by atoms with van der Waals surface area (Å²) >= 11 is 19.2. The summed E-state index contributed by atoms with van der Waals surface area (Å²) in [6.45, 7) is 3.78. The zero-order chi connectivity index (χ0) is 31.2. The summed E-state index contributed by atoms with van der Waals surface area (Å²) in [6.07, 6.45) is 5.38. The first-order chi connectivity index (χ1) is 21.2. The molecular formula is C30H26Cl2N4O6S2. The van der Waals surface area contributed by atoms with Gasteiger partial charge in [0.05, 0.1) is 34.3 Å². The van der Waals surface area contributed by atoms with Crippen LogP contribution in [0.4, 0.5) is 5.69 Å². The summed E-state index contributed by atoms with van der Waals surface area (Å²) in [4.78, 5) is 45.5. The molecule has 0 bridgehead atoms. The van der Waals surface area contributed by atoms with E-state index in [9.17, 15) is 14.4 Å². The largest absolute Gasteiger partial charge is 0.478 e. The van der Waals surface area contributed by atoms with Crippen molar-refractivity contribution in [3.63, 3.8) is 0 Å². The molecule has 228 valence electrons. The molecule has 5 rings (SSSR count). The lowest BCUT2D eigenvalue weighted by Gasteiger charge is -2.25. The number of anilines is 1. The predicted octanol–water partition coefficient (Wildman–Crippen LogP) is 5.92. The van der Waals surface area contributed by atoms with Crippen molar-refractivity contribution in [1.82, 2.24) is 14.8 Å². The molecule has 44 heavy (non-hydrogen) atoms. The third-order valence-corrected chi connectivity index (χ3v) is 8.64. The lowest BCUT2D eigenvalue weighted by Crippen LogP contribution is -2.36. The third kappa shape index (κ3) is 7.95. The van der Waals surface area contributed by atoms with E-state index in [1.807, 2.05) is 12.2 Å². The highest BCUT2D eigenvalue weighted by Gasteiger charge is 2.33. The van der Waals surface area contributed by atoms with E-state index in [1.54, 1.807) is 24.3 Å². The second kappa shape index (κ2) is 14.5. The lowest BCUT2D eigenvalue weighted by molar-refractivity contribution is -0.122. The first-order valence-corrected chi connectivity index (χ1v) is 15.5. The Morgan fingerprint density at radius 1 is 1.14 bits per heavy atom. The molecule has 0 radical (unpaired) electrons. The van der Waals surface area contributed by atoms with Crippen molar-refractivity contribution in [2.24, 2.45) is 0 Å². The van der Waals surface area contributed by atoms with Gasteiger partial charge in [0.25, 0.3) is 5.91 Å². The van der Waals surface area contributed by atoms with Gasteiger partial charge in [-0.25, -0.2) is 9.78 Å². The Bertz CT molecular complexity index is 1650. The molecule has 0 unspecified atom stereocenters. The van der Waals surface area contributed by atoms with Crippen molar-refractivity contribution in [2.75, 3.05) is 44.7 Å². The number of hydrogen-bond acceptors (Lipinski definition) is 9. The average Bonchev–Trinajstić information content (AvgIpc) is 3.52. The number of thioether (sulfide) groups is 1. The molecular weight excluding hydrogens is 647 g/mol. The van der Waals surface area contributed by atoms with Gasteiger partial charge in [-0.2, -0.15) is 0 Å². The van der Waals surface area contributed by atoms with Crippen LogP contribution in [0.5, 0.6) is 0 Å². The van der Waals surface area contributed by atoms with E-state index in [0.29, 0.717) is 61.7 Å². The van der Waals surface area contributed by atoms with Crippen molar-refractivity contribution >= 4 is 87.1 Å². The van der Waals surface area contributed by atoms with Crippen molar-refractivity contribution < 1.29 is 28.6 Å². The minimum absolute atomic E-state index is 0.0182. The van der Waals surface area contributed by atoms with E-state index in [1.165, 1.54) is 29.2 Å². The zero-order valence-electron chi connectivity index (χ0n) is 23.1. The summed E-state index contributed by atoms with van der Waals surface area (Å²) in [5, 5.41) is 12.6. The first kappa shape index (κ1) is 31.9. The molecule has 2 amide bonds. The second-order valence-electron chi connectivity index (χ2n) is 9.72. The van der Waals surface area contributed by atoms with E-state index in [4.69, 9.17) is 49.7 Å². The molecule has 2 aliphatic heterocycles. The molecule has 2 fully saturated rings. The van der Waals surface area contributed by atoms with E-state index in [0.717, 1.165) is 24.9 Å². The number of halogens is 2. The number of carbonyl (C=O) groups excluding carboxylic acids is 2. The van der Waals surface area contributed by atoms with Crippen LogP contribution in [0.15, 0.2) is 57.9 Å². The predicted molar refractivity (Wildman–Crippen MR) is 175 cm³/mol. The van der Waals surface area contributed by atoms with E-state index >= 15 is 0 Å². The highest BCUT2D eigenvalue weighted by Crippen LogP contribution is 2.36. The quantitative estimate of drug-likeness (QED) is 0.198. The van der Waals surface area contributed by atoms with Gasteiger partial charge < -0.3 is 19.6 Å². The van der Waals surface area contributed by atoms with E-state index < -0.39 is 5.97 Å². The van der Waals surface area contributed by atoms with Gasteiger partial charge in [-0.3, -0.25) is 19.4 Å². The Morgan fingerprint density at radius 3 is 2.61 bits per heavy atom. The smallest absolute Gasteiger partial charge is 0.335 e. The fourth-order valence-corrected chi connectivity index (χ4v) is 6.04. The normalized spacial score (nSPS) is 16.8. The molecule has 2 N–H and O–H groups in total. The zero-order valence-corrected chi connectivity index (χ0v) is 26.3. The number of carboxylic acid groups (broad SMARTS) is 1. The molecule has 2 saturated heterocycles. The SMILES string of the molecule is O=C(CCN1C(=O)/C(=C/c2oc(-c3cc(Cl)ccc3Cl)nc2/C=C/CN2CCOCC2)SC1=S)Nc1ccc(C(=O)O)cc1. The third-order valence-electron chi connectivity index (χ3n) is 6.70. The first-order valence-electron chi connectivity index (χ1n) is 13.5. The molecule has 2 aromatic carbocycles. The van der Waals surface area contributed by atoms with Crippen LogP contribution in [0.2, 0.25) is 10.0 Å². The van der Waals surface area contributed by atoms with Crippen LogP contribution in [0, 0.1) is 0 Å². The minimum Gasteiger partial charge on any atom is -0.478 e. The number of aromatic nitrogens is 1. The van der Waals surface area contributed by atoms with Crippen molar-refractivity contribution in [1.29, 1.82) is 0 Å². The molecule has 2 aliphatic rings. The molecule has 3 heterocycles. The van der Waals surface area contributed by atoms with Crippen LogP contribution in [-0.2, 0) is 14.3 Å². The number of aromatic carboxylic acids is 1. The maximum Gasteiger partial charge on any atom is 0.335 e. The number of hydrogen-bond donors (Lipinski definition) is 2. The Balaban J connectivity index is 1.31. The topological polar surface area (TPSA) is 125 Å². The van der Waals surface area contributed by atoms with Crippen LogP contribution < -0.4 is 5.32 Å². The number of nitrogens with one attached hydrogen (secondary N) is 1. The average molecular weight is 674 g/mol. The summed E-state index contributed by atoms with van der Waals surface area (Å²) in [7, 11) is 0. The maximum absolute atomic E-state index is 13.3. The van der Waals surface area contributed by atoms with Crippen LogP contribution in [-0.4, -0.2) is 81.4 Å². The number of benzene rings is 2. The number of oxazole rings is 1. The molecule has 3 aromatic rings. The van der Waals surface area contributed by atoms with Crippen LogP contribution >= 0.6 is 47.2 Å². The summed E-state index contributed by atoms with van der Waals surface area (Å²) in [5.74, 6) is -1.18. The number of nitrogens with zero attached hydrogens (tertiary/aromatic N) is 3. The number of rotatable bonds is 10. The molecule has 0 aliphatic carbocycles. The Morgan fingerprint density at radius 2 is 1.89 bits per heavy atom. The number of ether oxygens (including phenoxy) is 1. The van der Waals surface area contributed by atoms with Gasteiger partial charge in [0.2, 0.25) is 11.8 Å². The van der Waals surface area contributed by atoms with Gasteiger partial charge in [0, 0.05) is 49.4 Å². The van der Waals surface area contributed by atoms with Gasteiger partial charge in [-0.1, -0.05) is 53.3 Å². The number of amides is 2. The molecule has 0 atom stereocenters. The monoisotopic (exact) mass is 672 g/mol. The number of thiocarbonyl (C=S) groups is 1. The summed E-state index contributed by atoms with van der Waals surface area (Å²) < 4.78 is 11.8. The van der Waals surface area contributed by atoms with Crippen LogP contribution in [0.1, 0.15) is 28.2 Å². The highest BCUT2D eigenvalue weighted by molar-refractivity contribution is 8.26. The standard InChI is InChI=1S/C30H26Cl2N4O6S2/c31-19-5-8-22(32)21(16-19)27-34-23(2-1-10-35-12-14-41-15-13-35)24(42-27)17-25-28(38)36(30(43)44-25)11-9-26(37)33-20-6-3-18(4-7-20)29(39)40/h1-8,16-17H,9-15H2,(H,33,37)(H,39,40)/b2-1+,25-17-. The van der Waals surface area contributed by atoms with Crippen molar-refractivity contribution in [3.8, 4) is 11.5 Å². The fourth-order valence-electron chi connectivity index (χ4n) is 4.39. The van der Waals surface area contributed by atoms with Gasteiger partial charge in [0.15, 0.2) is 5.76 Å². The number of morpholine rings is 1. The van der Waals surface area contributed by atoms with Gasteiger partial charge in [0.1, 0.15) is 10.0 Å². The molecule has 1 aromatic heterocycles. The fraction of sp³-hybridized carbons (Fsp3) is 0.233. The Labute approximate surface area is 272 Å². The van der Waals surface area contributed by atoms with Gasteiger partial charge >= 0.3 is 5.97 Å². The van der Waals surface area contributed by atoms with E-state index in [-0.39, 0.29) is 36.2 Å². The maximum atomic E-state index is 13.3. The lowest BCUT2D eigenvalue weighted by atomic mass is 10.2. The van der Waals surface area contributed by atoms with Crippen molar-refractivity contribution in [3.05, 3.63) is 80.5 Å². The molecule has 14 heteroatoms. The second-order valence-corrected chi connectivity index (χ2v) is 12.2. The van der Waals surface area contributed by atoms with Gasteiger partial charge in [-0.05, 0) is 48.5 Å². The summed E-state index contributed by atoms with van der Waals surface area (Å²) in [6, 6.07) is 10.8. The molecule has 10 nitrogen and oxygen atoms in total. The molecule has 0 saturated carbocycles. The minimum atomic E-state index is -1.06. The summed E-state index contributed by atoms with van der Waals surface area (Å²) in [5.41, 5.74) is 1.57. The number of carboxylic acids is 1.